The Bertz CT molecular complexity index is 531. The largest absolute Gasteiger partial charge is 0.497 e. The van der Waals surface area contributed by atoms with E-state index in [0.29, 0.717) is 6.54 Å². The molecule has 0 unspecified atom stereocenters. The highest BCUT2D eigenvalue weighted by Crippen LogP contribution is 2.27. The lowest BCUT2D eigenvalue weighted by atomic mass is 9.84. The van der Waals surface area contributed by atoms with Crippen LogP contribution in [0, 0.1) is 0 Å². The summed E-state index contributed by atoms with van der Waals surface area (Å²) in [7, 11) is 1.69. The average Bonchev–Trinajstić information content (AvgIpc) is 2.37. The van der Waals surface area contributed by atoms with E-state index in [1.807, 2.05) is 6.07 Å². The van der Waals surface area contributed by atoms with Gasteiger partial charge in [0, 0.05) is 12.0 Å². The van der Waals surface area contributed by atoms with Crippen LogP contribution in [0.4, 0.5) is 0 Å². The summed E-state index contributed by atoms with van der Waals surface area (Å²) in [6, 6.07) is 12.6. The maximum atomic E-state index is 5.81. The first-order valence-electron chi connectivity index (χ1n) is 5.85. The predicted octanol–water partition coefficient (Wildman–Crippen LogP) is 3.08. The van der Waals surface area contributed by atoms with E-state index in [-0.39, 0.29) is 5.41 Å². The van der Waals surface area contributed by atoms with Gasteiger partial charge in [0.05, 0.1) is 7.11 Å². The van der Waals surface area contributed by atoms with Crippen LogP contribution in [0.1, 0.15) is 19.4 Å². The molecule has 17 heavy (non-hydrogen) atoms. The van der Waals surface area contributed by atoms with Gasteiger partial charge in [-0.2, -0.15) is 0 Å². The number of fused-ring (bicyclic) bond motifs is 1. The lowest BCUT2D eigenvalue weighted by Crippen LogP contribution is -2.27. The maximum Gasteiger partial charge on any atom is 0.119 e. The summed E-state index contributed by atoms with van der Waals surface area (Å²) in [5.41, 5.74) is 7.09. The summed E-state index contributed by atoms with van der Waals surface area (Å²) in [6.07, 6.45) is 0. The van der Waals surface area contributed by atoms with Crippen molar-refractivity contribution < 1.29 is 4.74 Å². The van der Waals surface area contributed by atoms with Gasteiger partial charge in [-0.05, 0) is 28.5 Å². The van der Waals surface area contributed by atoms with E-state index < -0.39 is 0 Å². The van der Waals surface area contributed by atoms with E-state index in [9.17, 15) is 0 Å². The van der Waals surface area contributed by atoms with Gasteiger partial charge in [-0.1, -0.05) is 38.1 Å². The second kappa shape index (κ2) is 4.38. The molecule has 0 spiro atoms. The predicted molar refractivity (Wildman–Crippen MR) is 72.6 cm³/mol. The van der Waals surface area contributed by atoms with Crippen LogP contribution < -0.4 is 10.5 Å². The average molecular weight is 229 g/mol. The molecule has 0 aliphatic rings. The zero-order valence-electron chi connectivity index (χ0n) is 10.7. The van der Waals surface area contributed by atoms with Crippen LogP contribution in [0.15, 0.2) is 36.4 Å². The van der Waals surface area contributed by atoms with Crippen molar-refractivity contribution in [2.45, 2.75) is 19.3 Å². The van der Waals surface area contributed by atoms with E-state index in [2.05, 4.69) is 44.2 Å². The van der Waals surface area contributed by atoms with E-state index in [1.54, 1.807) is 7.11 Å². The minimum atomic E-state index is 0.0112. The maximum absolute atomic E-state index is 5.81. The smallest absolute Gasteiger partial charge is 0.119 e. The first kappa shape index (κ1) is 11.9. The molecule has 0 saturated carbocycles. The lowest BCUT2D eigenvalue weighted by Gasteiger charge is -2.23. The molecule has 0 atom stereocenters. The van der Waals surface area contributed by atoms with Crippen molar-refractivity contribution in [1.29, 1.82) is 0 Å². The van der Waals surface area contributed by atoms with Crippen LogP contribution in [0.25, 0.3) is 10.8 Å². The molecule has 90 valence electrons. The van der Waals surface area contributed by atoms with Crippen molar-refractivity contribution >= 4 is 10.8 Å². The van der Waals surface area contributed by atoms with Crippen molar-refractivity contribution in [3.63, 3.8) is 0 Å². The number of methoxy groups -OCH3 is 1. The molecule has 0 fully saturated rings. The zero-order valence-corrected chi connectivity index (χ0v) is 10.7. The Morgan fingerprint density at radius 2 is 1.76 bits per heavy atom. The van der Waals surface area contributed by atoms with Crippen LogP contribution in [-0.4, -0.2) is 13.7 Å². The number of ether oxygens (including phenoxy) is 1. The minimum absolute atomic E-state index is 0.0112. The van der Waals surface area contributed by atoms with Crippen LogP contribution in [0.3, 0.4) is 0 Å². The van der Waals surface area contributed by atoms with Crippen LogP contribution >= 0.6 is 0 Å². The molecule has 0 aromatic heterocycles. The summed E-state index contributed by atoms with van der Waals surface area (Å²) in [5.74, 6) is 0.889. The number of hydrogen-bond acceptors (Lipinski definition) is 2. The second-order valence-corrected chi connectivity index (χ2v) is 5.02. The zero-order chi connectivity index (χ0) is 12.5. The summed E-state index contributed by atoms with van der Waals surface area (Å²) in [6.45, 7) is 4.96. The molecule has 0 saturated heterocycles. The third-order valence-corrected chi connectivity index (χ3v) is 3.34. The van der Waals surface area contributed by atoms with Crippen molar-refractivity contribution in [3.8, 4) is 5.75 Å². The summed E-state index contributed by atoms with van der Waals surface area (Å²) in [4.78, 5) is 0. The molecule has 2 N–H and O–H groups in total. The summed E-state index contributed by atoms with van der Waals surface area (Å²) in [5, 5.41) is 2.42. The van der Waals surface area contributed by atoms with Gasteiger partial charge >= 0.3 is 0 Å². The third kappa shape index (κ3) is 2.27. The van der Waals surface area contributed by atoms with Gasteiger partial charge in [0.2, 0.25) is 0 Å². The first-order valence-corrected chi connectivity index (χ1v) is 5.85. The minimum Gasteiger partial charge on any atom is -0.497 e. The molecule has 2 rings (SSSR count). The molecule has 2 nitrogen and oxygen atoms in total. The van der Waals surface area contributed by atoms with E-state index in [1.165, 1.54) is 16.3 Å². The normalized spacial score (nSPS) is 11.8. The van der Waals surface area contributed by atoms with Gasteiger partial charge in [0.1, 0.15) is 5.75 Å². The molecule has 2 aromatic rings. The Hall–Kier alpha value is -1.54. The van der Waals surface area contributed by atoms with E-state index in [0.717, 1.165) is 5.75 Å². The molecule has 0 heterocycles. The molecule has 0 aliphatic carbocycles. The molecule has 0 radical (unpaired) electrons. The molecule has 0 bridgehead atoms. The Balaban J connectivity index is 2.55. The highest BCUT2D eigenvalue weighted by atomic mass is 16.5. The lowest BCUT2D eigenvalue weighted by molar-refractivity contribution is 0.415. The van der Waals surface area contributed by atoms with Crippen LogP contribution in [0.2, 0.25) is 0 Å². The quantitative estimate of drug-likeness (QED) is 0.877. The van der Waals surface area contributed by atoms with E-state index >= 15 is 0 Å². The summed E-state index contributed by atoms with van der Waals surface area (Å²) >= 11 is 0. The van der Waals surface area contributed by atoms with Gasteiger partial charge < -0.3 is 10.5 Å². The van der Waals surface area contributed by atoms with Crippen molar-refractivity contribution in [2.75, 3.05) is 13.7 Å². The second-order valence-electron chi connectivity index (χ2n) is 5.02. The monoisotopic (exact) mass is 229 g/mol. The van der Waals surface area contributed by atoms with Gasteiger partial charge in [0.25, 0.3) is 0 Å². The highest BCUT2D eigenvalue weighted by molar-refractivity contribution is 5.84. The Morgan fingerprint density at radius 3 is 2.41 bits per heavy atom. The van der Waals surface area contributed by atoms with E-state index in [4.69, 9.17) is 10.5 Å². The summed E-state index contributed by atoms with van der Waals surface area (Å²) < 4.78 is 5.25. The fraction of sp³-hybridized carbons (Fsp3) is 0.333. The molecule has 2 aromatic carbocycles. The topological polar surface area (TPSA) is 35.2 Å². The standard InChI is InChI=1S/C15H19NO/c1-15(2,10-16)13-6-4-11-5-7-14(17-3)9-12(11)8-13/h4-9H,10,16H2,1-3H3. The number of hydrogen-bond donors (Lipinski definition) is 1. The fourth-order valence-corrected chi connectivity index (χ4v) is 1.89. The Morgan fingerprint density at radius 1 is 1.06 bits per heavy atom. The van der Waals surface area contributed by atoms with Gasteiger partial charge in [0.15, 0.2) is 0 Å². The number of rotatable bonds is 3. The van der Waals surface area contributed by atoms with Crippen LogP contribution in [-0.2, 0) is 5.41 Å². The number of nitrogens with two attached hydrogens (primary N) is 1. The molecular formula is C15H19NO. The number of benzene rings is 2. The highest BCUT2D eigenvalue weighted by Gasteiger charge is 2.18. The molecular weight excluding hydrogens is 210 g/mol. The van der Waals surface area contributed by atoms with Crippen molar-refractivity contribution in [2.24, 2.45) is 5.73 Å². The Labute approximate surface area is 102 Å². The fourth-order valence-electron chi connectivity index (χ4n) is 1.89. The Kier molecular flexibility index (Phi) is 3.07. The van der Waals surface area contributed by atoms with Crippen molar-refractivity contribution in [3.05, 3.63) is 42.0 Å². The van der Waals surface area contributed by atoms with Gasteiger partial charge in [-0.25, -0.2) is 0 Å². The molecule has 2 heteroatoms. The van der Waals surface area contributed by atoms with Gasteiger partial charge in [-0.3, -0.25) is 0 Å². The molecule has 0 aliphatic heterocycles. The first-order chi connectivity index (χ1) is 8.06. The molecule has 0 amide bonds. The van der Waals surface area contributed by atoms with Crippen LogP contribution in [0.5, 0.6) is 5.75 Å². The van der Waals surface area contributed by atoms with Crippen molar-refractivity contribution in [1.82, 2.24) is 0 Å². The third-order valence-electron chi connectivity index (χ3n) is 3.34. The van der Waals surface area contributed by atoms with Gasteiger partial charge in [-0.15, -0.1) is 0 Å². The SMILES string of the molecule is COc1ccc2ccc(C(C)(C)CN)cc2c1.